The van der Waals surface area contributed by atoms with E-state index in [-0.39, 0.29) is 11.5 Å². The lowest BCUT2D eigenvalue weighted by molar-refractivity contribution is -0.386. The molecule has 0 aliphatic rings. The highest BCUT2D eigenvalue weighted by Gasteiger charge is 2.22. The average molecular weight is 234 g/mol. The predicted octanol–water partition coefficient (Wildman–Crippen LogP) is 0.770. The Labute approximate surface area is 96.3 Å². The molecule has 2 aromatic rings. The van der Waals surface area contributed by atoms with Crippen LogP contribution in [0.2, 0.25) is 0 Å². The molecule has 8 nitrogen and oxygen atoms in total. The molecule has 2 N–H and O–H groups in total. The van der Waals surface area contributed by atoms with Gasteiger partial charge in [-0.25, -0.2) is 14.6 Å². The van der Waals surface area contributed by atoms with Gasteiger partial charge in [-0.2, -0.15) is 5.10 Å². The molecule has 0 unspecified atom stereocenters. The topological polar surface area (TPSA) is 113 Å². The van der Waals surface area contributed by atoms with Crippen molar-refractivity contribution in [2.45, 2.75) is 13.8 Å². The van der Waals surface area contributed by atoms with E-state index >= 15 is 0 Å². The van der Waals surface area contributed by atoms with Gasteiger partial charge in [0.05, 0.1) is 17.3 Å². The lowest BCUT2D eigenvalue weighted by atomic mass is 10.3. The van der Waals surface area contributed by atoms with Crippen molar-refractivity contribution in [3.63, 3.8) is 0 Å². The van der Waals surface area contributed by atoms with Gasteiger partial charge in [0.1, 0.15) is 17.2 Å². The highest BCUT2D eigenvalue weighted by atomic mass is 16.6. The number of anilines is 1. The molecular weight excluding hydrogens is 224 g/mol. The zero-order valence-electron chi connectivity index (χ0n) is 9.28. The molecule has 0 radical (unpaired) electrons. The third-order valence-electron chi connectivity index (χ3n) is 2.31. The van der Waals surface area contributed by atoms with Crippen LogP contribution in [-0.4, -0.2) is 24.7 Å². The number of hydrogen-bond acceptors (Lipinski definition) is 6. The Kier molecular flexibility index (Phi) is 2.47. The van der Waals surface area contributed by atoms with E-state index in [1.807, 2.05) is 0 Å². The highest BCUT2D eigenvalue weighted by molar-refractivity contribution is 5.43. The smallest absolute Gasteiger partial charge is 0.313 e. The van der Waals surface area contributed by atoms with Gasteiger partial charge in [-0.15, -0.1) is 0 Å². The number of nitrogens with zero attached hydrogens (tertiary/aromatic N) is 5. The molecule has 0 aliphatic heterocycles. The van der Waals surface area contributed by atoms with Crippen molar-refractivity contribution in [3.05, 3.63) is 33.9 Å². The van der Waals surface area contributed by atoms with Gasteiger partial charge in [-0.1, -0.05) is 0 Å². The summed E-state index contributed by atoms with van der Waals surface area (Å²) in [4.78, 5) is 18.3. The second kappa shape index (κ2) is 3.81. The first-order chi connectivity index (χ1) is 8.00. The van der Waals surface area contributed by atoms with Crippen LogP contribution in [0.1, 0.15) is 11.4 Å². The van der Waals surface area contributed by atoms with Crippen molar-refractivity contribution in [2.24, 2.45) is 0 Å². The van der Waals surface area contributed by atoms with Crippen LogP contribution >= 0.6 is 0 Å². The molecule has 0 amide bonds. The van der Waals surface area contributed by atoms with Crippen LogP contribution in [0.25, 0.3) is 5.82 Å². The van der Waals surface area contributed by atoms with Crippen molar-refractivity contribution >= 4 is 11.5 Å². The molecule has 2 aromatic heterocycles. The van der Waals surface area contributed by atoms with E-state index in [2.05, 4.69) is 15.1 Å². The SMILES string of the molecule is Cc1nn(-c2cnc(N)cn2)c(C)c1[N+](=O)[O-]. The van der Waals surface area contributed by atoms with E-state index in [9.17, 15) is 10.1 Å². The van der Waals surface area contributed by atoms with Gasteiger partial charge in [-0.3, -0.25) is 10.1 Å². The third-order valence-corrected chi connectivity index (χ3v) is 2.31. The van der Waals surface area contributed by atoms with E-state index in [0.29, 0.717) is 17.2 Å². The summed E-state index contributed by atoms with van der Waals surface area (Å²) in [6.45, 7) is 3.18. The number of aromatic nitrogens is 4. The Balaban J connectivity index is 2.57. The number of aryl methyl sites for hydroxylation is 1. The van der Waals surface area contributed by atoms with Crippen LogP contribution in [0.4, 0.5) is 11.5 Å². The largest absolute Gasteiger partial charge is 0.382 e. The standard InChI is InChI=1S/C9H10N6O2/c1-5-9(15(16)17)6(2)14(13-5)8-4-11-7(10)3-12-8/h3-4H,1-2H3,(H2,10,11). The Hall–Kier alpha value is -2.51. The molecule has 0 aliphatic carbocycles. The second-order valence-corrected chi connectivity index (χ2v) is 3.49. The van der Waals surface area contributed by atoms with E-state index in [4.69, 9.17) is 5.73 Å². The zero-order valence-corrected chi connectivity index (χ0v) is 9.28. The van der Waals surface area contributed by atoms with E-state index in [1.54, 1.807) is 13.8 Å². The summed E-state index contributed by atoms with van der Waals surface area (Å²) in [5.41, 5.74) is 6.15. The molecular formula is C9H10N6O2. The zero-order chi connectivity index (χ0) is 12.6. The average Bonchev–Trinajstić information content (AvgIpc) is 2.55. The fraction of sp³-hybridized carbons (Fsp3) is 0.222. The first-order valence-electron chi connectivity index (χ1n) is 4.79. The van der Waals surface area contributed by atoms with Crippen molar-refractivity contribution in [1.82, 2.24) is 19.7 Å². The van der Waals surface area contributed by atoms with Gasteiger partial charge >= 0.3 is 5.69 Å². The van der Waals surface area contributed by atoms with E-state index in [1.165, 1.54) is 17.1 Å². The summed E-state index contributed by atoms with van der Waals surface area (Å²) < 4.78 is 1.37. The van der Waals surface area contributed by atoms with Crippen molar-refractivity contribution in [3.8, 4) is 5.82 Å². The molecule has 8 heteroatoms. The minimum absolute atomic E-state index is 0.0105. The minimum atomic E-state index is -0.459. The van der Waals surface area contributed by atoms with Crippen LogP contribution in [0.15, 0.2) is 12.4 Å². The summed E-state index contributed by atoms with van der Waals surface area (Å²) in [7, 11) is 0. The van der Waals surface area contributed by atoms with E-state index < -0.39 is 4.92 Å². The fourth-order valence-electron chi connectivity index (χ4n) is 1.56. The van der Waals surface area contributed by atoms with Gasteiger partial charge in [0, 0.05) is 0 Å². The Morgan fingerprint density at radius 2 is 2.06 bits per heavy atom. The highest BCUT2D eigenvalue weighted by Crippen LogP contribution is 2.23. The van der Waals surface area contributed by atoms with Crippen molar-refractivity contribution in [2.75, 3.05) is 5.73 Å². The summed E-state index contributed by atoms with van der Waals surface area (Å²) in [6, 6.07) is 0. The molecule has 88 valence electrons. The predicted molar refractivity (Wildman–Crippen MR) is 59.7 cm³/mol. The number of hydrogen-bond donors (Lipinski definition) is 1. The quantitative estimate of drug-likeness (QED) is 0.606. The summed E-state index contributed by atoms with van der Waals surface area (Å²) in [6.07, 6.45) is 2.79. The fourth-order valence-corrected chi connectivity index (χ4v) is 1.56. The maximum absolute atomic E-state index is 10.8. The monoisotopic (exact) mass is 234 g/mol. The van der Waals surface area contributed by atoms with Crippen molar-refractivity contribution in [1.29, 1.82) is 0 Å². The molecule has 0 bridgehead atoms. The van der Waals surface area contributed by atoms with Gasteiger partial charge in [-0.05, 0) is 13.8 Å². The molecule has 0 saturated heterocycles. The maximum atomic E-state index is 10.8. The lowest BCUT2D eigenvalue weighted by Crippen LogP contribution is -2.04. The number of nitrogens with two attached hydrogens (primary N) is 1. The summed E-state index contributed by atoms with van der Waals surface area (Å²) >= 11 is 0. The first-order valence-corrected chi connectivity index (χ1v) is 4.79. The van der Waals surface area contributed by atoms with Crippen molar-refractivity contribution < 1.29 is 4.92 Å². The Morgan fingerprint density at radius 3 is 2.53 bits per heavy atom. The molecule has 2 heterocycles. The first kappa shape index (κ1) is 11.0. The summed E-state index contributed by atoms with van der Waals surface area (Å²) in [5, 5.41) is 14.9. The number of nitro groups is 1. The van der Waals surface area contributed by atoms with Crippen LogP contribution in [0.3, 0.4) is 0 Å². The van der Waals surface area contributed by atoms with Gasteiger partial charge in [0.25, 0.3) is 0 Å². The van der Waals surface area contributed by atoms with Crippen LogP contribution in [0.5, 0.6) is 0 Å². The minimum Gasteiger partial charge on any atom is -0.382 e. The Morgan fingerprint density at radius 1 is 1.35 bits per heavy atom. The molecule has 0 atom stereocenters. The van der Waals surface area contributed by atoms with Gasteiger partial charge in [0.15, 0.2) is 5.82 Å². The van der Waals surface area contributed by atoms with Crippen LogP contribution in [0, 0.1) is 24.0 Å². The third kappa shape index (κ3) is 1.80. The molecule has 0 fully saturated rings. The van der Waals surface area contributed by atoms with Gasteiger partial charge in [0.2, 0.25) is 0 Å². The molecule has 17 heavy (non-hydrogen) atoms. The summed E-state index contributed by atoms with van der Waals surface area (Å²) in [5.74, 6) is 0.678. The number of rotatable bonds is 2. The van der Waals surface area contributed by atoms with Crippen LogP contribution in [-0.2, 0) is 0 Å². The van der Waals surface area contributed by atoms with Crippen LogP contribution < -0.4 is 5.73 Å². The Bertz CT molecular complexity index is 574. The molecule has 0 saturated carbocycles. The molecule has 0 spiro atoms. The maximum Gasteiger partial charge on any atom is 0.313 e. The normalized spacial score (nSPS) is 10.5. The lowest BCUT2D eigenvalue weighted by Gasteiger charge is -2.01. The van der Waals surface area contributed by atoms with E-state index in [0.717, 1.165) is 0 Å². The van der Waals surface area contributed by atoms with Gasteiger partial charge < -0.3 is 5.73 Å². The second-order valence-electron chi connectivity index (χ2n) is 3.49. The number of nitrogen functional groups attached to an aromatic ring is 1. The molecule has 2 rings (SSSR count). The molecule has 0 aromatic carbocycles.